The second-order valence-electron chi connectivity index (χ2n) is 5.57. The van der Waals surface area contributed by atoms with Crippen LogP contribution in [0.3, 0.4) is 0 Å². The first-order valence-corrected chi connectivity index (χ1v) is 9.03. The third-order valence-electron chi connectivity index (χ3n) is 4.42. The largest absolute Gasteiger partial charge is 0.329 e. The number of sulfonamides is 1. The normalized spacial score (nSPS) is 12.9. The fraction of sp³-hybridized carbons (Fsp3) is 0.625. The molecule has 0 bridgehead atoms. The molecule has 2 N–H and O–H groups in total. The molecular formula is C16H28N2O2S. The van der Waals surface area contributed by atoms with Crippen molar-refractivity contribution < 1.29 is 8.42 Å². The van der Waals surface area contributed by atoms with Gasteiger partial charge in [-0.05, 0) is 43.9 Å². The Morgan fingerprint density at radius 1 is 1.14 bits per heavy atom. The maximum Gasteiger partial charge on any atom is 0.243 e. The minimum atomic E-state index is -3.54. The maximum absolute atomic E-state index is 13.1. The summed E-state index contributed by atoms with van der Waals surface area (Å²) in [5.41, 5.74) is 7.15. The molecule has 0 saturated heterocycles. The Morgan fingerprint density at radius 3 is 2.14 bits per heavy atom. The van der Waals surface area contributed by atoms with Crippen molar-refractivity contribution in [3.63, 3.8) is 0 Å². The molecule has 0 radical (unpaired) electrons. The van der Waals surface area contributed by atoms with E-state index in [-0.39, 0.29) is 0 Å². The van der Waals surface area contributed by atoms with E-state index >= 15 is 0 Å². The molecule has 0 aliphatic carbocycles. The summed E-state index contributed by atoms with van der Waals surface area (Å²) in [6.07, 6.45) is 1.41. The monoisotopic (exact) mass is 312 g/mol. The molecule has 21 heavy (non-hydrogen) atoms. The molecule has 0 atom stereocenters. The van der Waals surface area contributed by atoms with Crippen LogP contribution in [0.25, 0.3) is 0 Å². The molecule has 0 heterocycles. The number of likely N-dealkylation sites (N-methyl/N-ethyl adjacent to an activating group) is 1. The highest BCUT2D eigenvalue weighted by Crippen LogP contribution is 2.31. The van der Waals surface area contributed by atoms with E-state index in [4.69, 9.17) is 5.73 Å². The number of rotatable bonds is 7. The number of hydrogen-bond donors (Lipinski definition) is 1. The molecule has 120 valence electrons. The second kappa shape index (κ2) is 6.90. The minimum absolute atomic E-state index is 0.331. The highest BCUT2D eigenvalue weighted by molar-refractivity contribution is 7.89. The Morgan fingerprint density at radius 2 is 1.71 bits per heavy atom. The molecule has 0 saturated carbocycles. The van der Waals surface area contributed by atoms with E-state index in [0.717, 1.165) is 11.1 Å². The van der Waals surface area contributed by atoms with Gasteiger partial charge in [0.2, 0.25) is 10.0 Å². The fourth-order valence-electron chi connectivity index (χ4n) is 2.86. The second-order valence-corrected chi connectivity index (χ2v) is 7.41. The van der Waals surface area contributed by atoms with Crippen molar-refractivity contribution in [3.05, 3.63) is 29.3 Å². The van der Waals surface area contributed by atoms with Gasteiger partial charge in [0.15, 0.2) is 0 Å². The van der Waals surface area contributed by atoms with Crippen molar-refractivity contribution >= 4 is 10.0 Å². The van der Waals surface area contributed by atoms with Crippen LogP contribution in [0.2, 0.25) is 0 Å². The van der Waals surface area contributed by atoms with Crippen molar-refractivity contribution in [1.82, 2.24) is 4.31 Å². The highest BCUT2D eigenvalue weighted by atomic mass is 32.2. The Bertz CT molecular complexity index is 570. The quantitative estimate of drug-likeness (QED) is 0.842. The van der Waals surface area contributed by atoms with E-state index in [0.29, 0.717) is 30.8 Å². The van der Waals surface area contributed by atoms with Gasteiger partial charge in [0.25, 0.3) is 0 Å². The van der Waals surface area contributed by atoms with E-state index in [1.807, 2.05) is 46.8 Å². The van der Waals surface area contributed by atoms with Crippen LogP contribution in [0.5, 0.6) is 0 Å². The lowest BCUT2D eigenvalue weighted by Crippen LogP contribution is -2.55. The predicted octanol–water partition coefficient (Wildman–Crippen LogP) is 2.83. The zero-order valence-corrected chi connectivity index (χ0v) is 14.6. The van der Waals surface area contributed by atoms with Gasteiger partial charge in [0, 0.05) is 18.6 Å². The number of nitrogens with zero attached hydrogens (tertiary/aromatic N) is 1. The topological polar surface area (TPSA) is 63.4 Å². The molecule has 0 unspecified atom stereocenters. The minimum Gasteiger partial charge on any atom is -0.329 e. The molecule has 5 heteroatoms. The van der Waals surface area contributed by atoms with Crippen LogP contribution >= 0.6 is 0 Å². The lowest BCUT2D eigenvalue weighted by molar-refractivity contribution is 0.184. The zero-order valence-electron chi connectivity index (χ0n) is 13.8. The fourth-order valence-corrected chi connectivity index (χ4v) is 5.09. The third kappa shape index (κ3) is 3.30. The van der Waals surface area contributed by atoms with Gasteiger partial charge in [-0.25, -0.2) is 8.42 Å². The molecule has 0 aliphatic heterocycles. The summed E-state index contributed by atoms with van der Waals surface area (Å²) in [5, 5.41) is 0. The summed E-state index contributed by atoms with van der Waals surface area (Å²) in [7, 11) is -3.54. The van der Waals surface area contributed by atoms with Crippen molar-refractivity contribution in [1.29, 1.82) is 0 Å². The van der Waals surface area contributed by atoms with Crippen LogP contribution in [0.15, 0.2) is 23.1 Å². The van der Waals surface area contributed by atoms with E-state index in [9.17, 15) is 8.42 Å². The smallest absolute Gasteiger partial charge is 0.243 e. The summed E-state index contributed by atoms with van der Waals surface area (Å²) >= 11 is 0. The van der Waals surface area contributed by atoms with Crippen LogP contribution in [-0.4, -0.2) is 31.4 Å². The summed E-state index contributed by atoms with van der Waals surface area (Å²) < 4.78 is 27.8. The molecule has 0 aliphatic rings. The van der Waals surface area contributed by atoms with Gasteiger partial charge in [-0.2, -0.15) is 4.31 Å². The number of nitrogens with two attached hydrogens (primary N) is 1. The van der Waals surface area contributed by atoms with Gasteiger partial charge in [-0.15, -0.1) is 0 Å². The van der Waals surface area contributed by atoms with Gasteiger partial charge in [-0.3, -0.25) is 0 Å². The highest BCUT2D eigenvalue weighted by Gasteiger charge is 2.40. The van der Waals surface area contributed by atoms with Crippen LogP contribution in [-0.2, 0) is 10.0 Å². The summed E-state index contributed by atoms with van der Waals surface area (Å²) in [6.45, 7) is 10.4. The molecule has 1 rings (SSSR count). The lowest BCUT2D eigenvalue weighted by Gasteiger charge is -2.41. The Labute approximate surface area is 129 Å². The van der Waals surface area contributed by atoms with Gasteiger partial charge in [-0.1, -0.05) is 32.9 Å². The first-order valence-electron chi connectivity index (χ1n) is 7.59. The van der Waals surface area contributed by atoms with E-state index in [1.54, 1.807) is 10.4 Å². The molecule has 0 spiro atoms. The van der Waals surface area contributed by atoms with E-state index in [1.165, 1.54) is 0 Å². The van der Waals surface area contributed by atoms with Crippen molar-refractivity contribution in [3.8, 4) is 0 Å². The molecular weight excluding hydrogens is 284 g/mol. The first-order chi connectivity index (χ1) is 9.78. The Kier molecular flexibility index (Phi) is 5.96. The Balaban J connectivity index is 3.48. The van der Waals surface area contributed by atoms with E-state index in [2.05, 4.69) is 0 Å². The standard InChI is InChI=1S/C16H28N2O2S/c1-6-16(7-2,12-17)18(8-3)21(19,20)15-11-13(4)9-10-14(15)5/h9-11H,6-8,12,17H2,1-5H3. The van der Waals surface area contributed by atoms with Crippen LogP contribution in [0.4, 0.5) is 0 Å². The lowest BCUT2D eigenvalue weighted by atomic mass is 9.93. The van der Waals surface area contributed by atoms with Crippen LogP contribution < -0.4 is 5.73 Å². The molecule has 0 aromatic heterocycles. The van der Waals surface area contributed by atoms with Crippen LogP contribution in [0.1, 0.15) is 44.7 Å². The summed E-state index contributed by atoms with van der Waals surface area (Å²) in [4.78, 5) is 0.393. The van der Waals surface area contributed by atoms with Gasteiger partial charge in [0.05, 0.1) is 4.90 Å². The third-order valence-corrected chi connectivity index (χ3v) is 6.65. The summed E-state index contributed by atoms with van der Waals surface area (Å²) in [5.74, 6) is 0. The zero-order chi connectivity index (χ0) is 16.3. The molecule has 0 amide bonds. The van der Waals surface area contributed by atoms with Crippen molar-refractivity contribution in [2.24, 2.45) is 5.73 Å². The van der Waals surface area contributed by atoms with E-state index < -0.39 is 15.6 Å². The average molecular weight is 312 g/mol. The SMILES string of the molecule is CCN(C(CC)(CC)CN)S(=O)(=O)c1cc(C)ccc1C. The van der Waals surface area contributed by atoms with Crippen molar-refractivity contribution in [2.45, 2.75) is 57.9 Å². The van der Waals surface area contributed by atoms with Gasteiger partial charge >= 0.3 is 0 Å². The molecule has 4 nitrogen and oxygen atoms in total. The summed E-state index contributed by atoms with van der Waals surface area (Å²) in [6, 6.07) is 5.54. The van der Waals surface area contributed by atoms with Gasteiger partial charge < -0.3 is 5.73 Å². The number of benzene rings is 1. The van der Waals surface area contributed by atoms with Crippen LogP contribution in [0, 0.1) is 13.8 Å². The average Bonchev–Trinajstić information content (AvgIpc) is 2.47. The molecule has 0 fully saturated rings. The molecule has 1 aromatic rings. The Hall–Kier alpha value is -0.910. The predicted molar refractivity (Wildman–Crippen MR) is 87.8 cm³/mol. The first kappa shape index (κ1) is 18.1. The number of hydrogen-bond acceptors (Lipinski definition) is 3. The number of aryl methyl sites for hydroxylation is 2. The van der Waals surface area contributed by atoms with Gasteiger partial charge in [0.1, 0.15) is 0 Å². The molecule has 1 aromatic carbocycles. The van der Waals surface area contributed by atoms with Crippen molar-refractivity contribution in [2.75, 3.05) is 13.1 Å². The maximum atomic E-state index is 13.1.